The van der Waals surface area contributed by atoms with Crippen LogP contribution in [0, 0.1) is 11.6 Å². The third-order valence-corrected chi connectivity index (χ3v) is 11.0. The fourth-order valence-corrected chi connectivity index (χ4v) is 8.04. The largest absolute Gasteiger partial charge is 0.416 e. The van der Waals surface area contributed by atoms with E-state index in [9.17, 15) is 44.7 Å². The van der Waals surface area contributed by atoms with Crippen LogP contribution in [0.4, 0.5) is 56.1 Å². The van der Waals surface area contributed by atoms with Crippen molar-refractivity contribution in [2.45, 2.75) is 50.1 Å². The van der Waals surface area contributed by atoms with E-state index in [0.29, 0.717) is 35.6 Å². The van der Waals surface area contributed by atoms with E-state index in [2.05, 4.69) is 10.6 Å². The fourth-order valence-electron chi connectivity index (χ4n) is 8.04. The van der Waals surface area contributed by atoms with E-state index in [0.717, 1.165) is 46.5 Å². The molecule has 2 heterocycles. The maximum atomic E-state index is 13.2. The lowest BCUT2D eigenvalue weighted by Crippen LogP contribution is -2.44. The summed E-state index contributed by atoms with van der Waals surface area (Å²) >= 11 is 0. The Morgan fingerprint density at radius 2 is 0.774 bits per heavy atom. The second-order valence-electron chi connectivity index (χ2n) is 15.3. The molecular formula is C48H40F8N4O2. The Kier molecular flexibility index (Phi) is 12.4. The van der Waals surface area contributed by atoms with Crippen molar-refractivity contribution in [1.29, 1.82) is 0 Å². The molecule has 0 unspecified atom stereocenters. The molecule has 8 rings (SSSR count). The summed E-state index contributed by atoms with van der Waals surface area (Å²) in [6.45, 7) is 4.77. The van der Waals surface area contributed by atoms with Gasteiger partial charge in [-0.1, -0.05) is 86.6 Å². The Morgan fingerprint density at radius 3 is 1.08 bits per heavy atom. The molecule has 0 aliphatic carbocycles. The summed E-state index contributed by atoms with van der Waals surface area (Å²) in [5, 5.41) is 5.53. The van der Waals surface area contributed by atoms with Crippen LogP contribution in [0.5, 0.6) is 0 Å². The minimum absolute atomic E-state index is 0.0425. The SMILES string of the molecule is C[C@@H]1CN(C(=O)Nc2ccc(F)cc2)[C@H](c2ccc(C(F)(F)F)cc2)c2ccccc21.C[C@H]1CN(C(=O)Nc2ccc(F)cc2)[C@@H](c2ccc(C(F)(F)F)cc2)c2ccccc21. The molecule has 2 N–H and O–H groups in total. The van der Waals surface area contributed by atoms with Crippen molar-refractivity contribution in [3.05, 3.63) is 202 Å². The Labute approximate surface area is 352 Å². The number of nitrogens with zero attached hydrogens (tertiary/aromatic N) is 2. The van der Waals surface area contributed by atoms with Crippen LogP contribution >= 0.6 is 0 Å². The van der Waals surface area contributed by atoms with Crippen LogP contribution in [-0.4, -0.2) is 35.0 Å². The van der Waals surface area contributed by atoms with Gasteiger partial charge in [-0.3, -0.25) is 0 Å². The summed E-state index contributed by atoms with van der Waals surface area (Å²) in [4.78, 5) is 29.5. The Morgan fingerprint density at radius 1 is 0.468 bits per heavy atom. The third-order valence-electron chi connectivity index (χ3n) is 11.0. The highest BCUT2D eigenvalue weighted by Crippen LogP contribution is 2.43. The zero-order valence-electron chi connectivity index (χ0n) is 33.3. The van der Waals surface area contributed by atoms with Gasteiger partial charge in [0.2, 0.25) is 0 Å². The van der Waals surface area contributed by atoms with Gasteiger partial charge in [0.25, 0.3) is 0 Å². The zero-order chi connectivity index (χ0) is 44.3. The van der Waals surface area contributed by atoms with Gasteiger partial charge in [-0.25, -0.2) is 18.4 Å². The monoisotopic (exact) mass is 856 g/mol. The summed E-state index contributed by atoms with van der Waals surface area (Å²) in [5.74, 6) is -0.746. The van der Waals surface area contributed by atoms with Crippen molar-refractivity contribution in [3.8, 4) is 0 Å². The Hall–Kier alpha value is -6.70. The molecule has 6 aromatic carbocycles. The van der Waals surface area contributed by atoms with Gasteiger partial charge < -0.3 is 20.4 Å². The topological polar surface area (TPSA) is 64.7 Å². The zero-order valence-corrected chi connectivity index (χ0v) is 33.3. The molecular weight excluding hydrogens is 817 g/mol. The second-order valence-corrected chi connectivity index (χ2v) is 15.3. The van der Waals surface area contributed by atoms with Gasteiger partial charge in [0.1, 0.15) is 11.6 Å². The van der Waals surface area contributed by atoms with Crippen molar-refractivity contribution in [3.63, 3.8) is 0 Å². The summed E-state index contributed by atoms with van der Waals surface area (Å²) in [6, 6.07) is 34.0. The number of benzene rings is 6. The first kappa shape index (κ1) is 43.4. The van der Waals surface area contributed by atoms with E-state index in [1.165, 1.54) is 72.8 Å². The average molecular weight is 857 g/mol. The summed E-state index contributed by atoms with van der Waals surface area (Å²) in [5.41, 5.74) is 4.41. The number of alkyl halides is 6. The van der Waals surface area contributed by atoms with Crippen LogP contribution < -0.4 is 10.6 Å². The van der Waals surface area contributed by atoms with Crippen LogP contribution in [0.3, 0.4) is 0 Å². The molecule has 6 nitrogen and oxygen atoms in total. The first-order valence-electron chi connectivity index (χ1n) is 19.7. The predicted molar refractivity (Wildman–Crippen MR) is 221 cm³/mol. The molecule has 4 atom stereocenters. The van der Waals surface area contributed by atoms with Crippen LogP contribution in [0.25, 0.3) is 0 Å². The molecule has 2 aliphatic rings. The summed E-state index contributed by atoms with van der Waals surface area (Å²) < 4.78 is 105. The van der Waals surface area contributed by atoms with Gasteiger partial charge in [0.05, 0.1) is 23.2 Å². The maximum Gasteiger partial charge on any atom is 0.416 e. The standard InChI is InChI=1S/2C24H20F4N2O/c2*1-15-14-30(23(31)29-19-12-10-18(25)11-13-19)22(21-5-3-2-4-20(15)21)16-6-8-17(9-7-16)24(26,27)28/h2*2-13,15,22H,14H2,1H3,(H,29,31)/t2*15-,22-/m10/s1. The molecule has 0 radical (unpaired) electrons. The number of anilines is 2. The van der Waals surface area contributed by atoms with Gasteiger partial charge in [-0.2, -0.15) is 26.3 Å². The molecule has 0 bridgehead atoms. The second kappa shape index (κ2) is 17.7. The number of fused-ring (bicyclic) bond motifs is 2. The van der Waals surface area contributed by atoms with E-state index in [4.69, 9.17) is 0 Å². The molecule has 6 aromatic rings. The lowest BCUT2D eigenvalue weighted by atomic mass is 9.83. The number of urea groups is 2. The van der Waals surface area contributed by atoms with Crippen molar-refractivity contribution >= 4 is 23.4 Å². The van der Waals surface area contributed by atoms with Gasteiger partial charge in [-0.15, -0.1) is 0 Å². The van der Waals surface area contributed by atoms with E-state index in [1.807, 2.05) is 62.4 Å². The molecule has 0 saturated heterocycles. The van der Waals surface area contributed by atoms with E-state index < -0.39 is 59.3 Å². The molecule has 2 aliphatic heterocycles. The summed E-state index contributed by atoms with van der Waals surface area (Å²) in [6.07, 6.45) is -8.87. The number of rotatable bonds is 4. The quantitative estimate of drug-likeness (QED) is 0.174. The third kappa shape index (κ3) is 9.59. The normalized spacial score (nSPS) is 18.4. The molecule has 62 heavy (non-hydrogen) atoms. The first-order valence-corrected chi connectivity index (χ1v) is 19.7. The Bertz CT molecular complexity index is 2330. The van der Waals surface area contributed by atoms with Crippen molar-refractivity contribution < 1.29 is 44.7 Å². The van der Waals surface area contributed by atoms with E-state index >= 15 is 0 Å². The van der Waals surface area contributed by atoms with Crippen molar-refractivity contribution in [1.82, 2.24) is 9.80 Å². The number of amides is 4. The van der Waals surface area contributed by atoms with E-state index in [1.54, 1.807) is 9.80 Å². The summed E-state index contributed by atoms with van der Waals surface area (Å²) in [7, 11) is 0. The first-order chi connectivity index (χ1) is 29.5. The molecule has 14 heteroatoms. The highest BCUT2D eigenvalue weighted by Gasteiger charge is 2.38. The Balaban J connectivity index is 0.000000186. The molecule has 0 saturated carbocycles. The van der Waals surface area contributed by atoms with Gasteiger partial charge in [0.15, 0.2) is 0 Å². The smallest absolute Gasteiger partial charge is 0.313 e. The van der Waals surface area contributed by atoms with E-state index in [-0.39, 0.29) is 11.8 Å². The highest BCUT2D eigenvalue weighted by atomic mass is 19.4. The fraction of sp³-hybridized carbons (Fsp3) is 0.208. The van der Waals surface area contributed by atoms with Crippen molar-refractivity contribution in [2.75, 3.05) is 23.7 Å². The van der Waals surface area contributed by atoms with Crippen LogP contribution in [0.1, 0.15) is 82.3 Å². The molecule has 0 spiro atoms. The minimum atomic E-state index is -4.43. The lowest BCUT2D eigenvalue weighted by molar-refractivity contribution is -0.138. The number of nitrogens with one attached hydrogen (secondary N) is 2. The molecule has 0 fully saturated rings. The number of halogens is 8. The highest BCUT2D eigenvalue weighted by molar-refractivity contribution is 5.91. The van der Waals surface area contributed by atoms with Gasteiger partial charge >= 0.3 is 24.4 Å². The predicted octanol–water partition coefficient (Wildman–Crippen LogP) is 13.2. The lowest BCUT2D eigenvalue weighted by Gasteiger charge is -2.40. The van der Waals surface area contributed by atoms with Crippen LogP contribution in [0.15, 0.2) is 146 Å². The number of carbonyl (C=O) groups is 2. The maximum absolute atomic E-state index is 13.2. The van der Waals surface area contributed by atoms with Crippen molar-refractivity contribution in [2.24, 2.45) is 0 Å². The number of hydrogen-bond donors (Lipinski definition) is 2. The van der Waals surface area contributed by atoms with Crippen LogP contribution in [-0.2, 0) is 12.4 Å². The van der Waals surface area contributed by atoms with Gasteiger partial charge in [0, 0.05) is 24.5 Å². The molecule has 320 valence electrons. The number of carbonyl (C=O) groups excluding carboxylic acids is 2. The molecule has 4 amide bonds. The minimum Gasteiger partial charge on any atom is -0.313 e. The van der Waals surface area contributed by atoms with Gasteiger partial charge in [-0.05, 0) is 118 Å². The number of hydrogen-bond acceptors (Lipinski definition) is 2. The average Bonchev–Trinajstić information content (AvgIpc) is 3.25. The molecule has 0 aromatic heterocycles. The van der Waals surface area contributed by atoms with Crippen LogP contribution in [0.2, 0.25) is 0 Å².